The molecule has 4 unspecified atom stereocenters. The van der Waals surface area contributed by atoms with E-state index in [1.54, 1.807) is 11.9 Å². The maximum absolute atomic E-state index is 13.3. The molecule has 1 N–H and O–H groups in total. The molecule has 0 radical (unpaired) electrons. The fourth-order valence-electron chi connectivity index (χ4n) is 4.71. The second-order valence-electron chi connectivity index (χ2n) is 8.59. The maximum Gasteiger partial charge on any atom is 0.328 e. The van der Waals surface area contributed by atoms with Crippen molar-refractivity contribution < 1.29 is 9.59 Å². The highest BCUT2D eigenvalue weighted by Crippen LogP contribution is 2.36. The lowest BCUT2D eigenvalue weighted by Crippen LogP contribution is -2.66. The van der Waals surface area contributed by atoms with E-state index in [9.17, 15) is 9.59 Å². The molecule has 3 heterocycles. The van der Waals surface area contributed by atoms with Gasteiger partial charge in [0.1, 0.15) is 18.5 Å². The Kier molecular flexibility index (Phi) is 5.09. The number of anilines is 1. The van der Waals surface area contributed by atoms with E-state index in [0.29, 0.717) is 10.9 Å². The number of benzene rings is 1. The van der Waals surface area contributed by atoms with Gasteiger partial charge in [-0.25, -0.2) is 4.79 Å². The molecule has 0 spiro atoms. The number of halogens is 1. The molecule has 4 atom stereocenters. The highest BCUT2D eigenvalue weighted by molar-refractivity contribution is 6.30. The summed E-state index contributed by atoms with van der Waals surface area (Å²) in [5, 5.41) is 4.22. The van der Waals surface area contributed by atoms with E-state index in [1.165, 1.54) is 4.90 Å². The Bertz CT molecular complexity index is 875. The Morgan fingerprint density at radius 2 is 2.03 bits per heavy atom. The quantitative estimate of drug-likeness (QED) is 0.765. The smallest absolute Gasteiger partial charge is 0.328 e. The number of carbonyl (C=O) groups is 2. The van der Waals surface area contributed by atoms with Gasteiger partial charge in [-0.05, 0) is 37.5 Å². The van der Waals surface area contributed by atoms with Crippen molar-refractivity contribution in [2.24, 2.45) is 5.92 Å². The number of nitrogens with zero attached hydrogens (tertiary/aromatic N) is 4. The largest absolute Gasteiger partial charge is 0.343 e. The second-order valence-corrected chi connectivity index (χ2v) is 9.03. The van der Waals surface area contributed by atoms with Gasteiger partial charge in [0.25, 0.3) is 5.91 Å². The molecule has 29 heavy (non-hydrogen) atoms. The summed E-state index contributed by atoms with van der Waals surface area (Å²) in [7, 11) is 1.75. The van der Waals surface area contributed by atoms with Crippen LogP contribution in [0.15, 0.2) is 30.4 Å². The zero-order valence-electron chi connectivity index (χ0n) is 17.4. The highest BCUT2D eigenvalue weighted by atomic mass is 35.5. The van der Waals surface area contributed by atoms with E-state index in [2.05, 4.69) is 35.5 Å². The Hall–Kier alpha value is -2.09. The van der Waals surface area contributed by atoms with E-state index in [0.717, 1.165) is 29.9 Å². The van der Waals surface area contributed by atoms with Crippen LogP contribution in [0, 0.1) is 12.8 Å². The molecule has 3 fully saturated rings. The van der Waals surface area contributed by atoms with Gasteiger partial charge in [0.2, 0.25) is 0 Å². The predicted octanol–water partition coefficient (Wildman–Crippen LogP) is 2.46. The number of nitrogens with one attached hydrogen (secondary N) is 1. The normalized spacial score (nSPS) is 29.9. The summed E-state index contributed by atoms with van der Waals surface area (Å²) in [6, 6.07) is 5.16. The number of imide groups is 1. The third-order valence-corrected chi connectivity index (χ3v) is 6.23. The van der Waals surface area contributed by atoms with Crippen LogP contribution in [0.1, 0.15) is 19.4 Å². The van der Waals surface area contributed by atoms with Crippen molar-refractivity contribution in [2.45, 2.75) is 39.3 Å². The molecule has 0 aromatic heterocycles. The zero-order valence-corrected chi connectivity index (χ0v) is 18.1. The fraction of sp³-hybridized carbons (Fsp3) is 0.524. The topological polar surface area (TPSA) is 59.1 Å². The third kappa shape index (κ3) is 3.31. The Labute approximate surface area is 176 Å². The van der Waals surface area contributed by atoms with E-state index >= 15 is 0 Å². The lowest BCUT2D eigenvalue weighted by Gasteiger charge is -2.46. The van der Waals surface area contributed by atoms with Gasteiger partial charge >= 0.3 is 6.03 Å². The van der Waals surface area contributed by atoms with Crippen LogP contribution in [-0.2, 0) is 4.79 Å². The summed E-state index contributed by atoms with van der Waals surface area (Å²) in [6.07, 6.45) is -0.545. The summed E-state index contributed by atoms with van der Waals surface area (Å²) < 4.78 is 0. The number of hydrogen-bond acceptors (Lipinski definition) is 5. The number of hydrogen-bond donors (Lipinski definition) is 1. The number of aryl methyl sites for hydroxylation is 1. The second kappa shape index (κ2) is 7.31. The summed E-state index contributed by atoms with van der Waals surface area (Å²) in [5.74, 6) is 0.198. The van der Waals surface area contributed by atoms with E-state index in [4.69, 9.17) is 11.6 Å². The van der Waals surface area contributed by atoms with Gasteiger partial charge in [0.05, 0.1) is 6.54 Å². The first-order chi connectivity index (χ1) is 13.7. The molecule has 0 aliphatic carbocycles. The van der Waals surface area contributed by atoms with Crippen molar-refractivity contribution in [3.05, 3.63) is 40.9 Å². The molecule has 0 bridgehead atoms. The molecule has 3 aliphatic heterocycles. The van der Waals surface area contributed by atoms with Crippen molar-refractivity contribution in [2.75, 3.05) is 31.6 Å². The number of urea groups is 1. The van der Waals surface area contributed by atoms with Crippen molar-refractivity contribution in [1.29, 1.82) is 0 Å². The molecule has 8 heteroatoms. The van der Waals surface area contributed by atoms with Crippen molar-refractivity contribution >= 4 is 29.2 Å². The molecule has 7 nitrogen and oxygen atoms in total. The number of carbonyl (C=O) groups excluding carboxylic acids is 2. The van der Waals surface area contributed by atoms with Gasteiger partial charge in [-0.15, -0.1) is 0 Å². The van der Waals surface area contributed by atoms with Crippen LogP contribution in [0.4, 0.5) is 10.5 Å². The number of likely N-dealkylation sites (N-methyl/N-ethyl adjacent to an activating group) is 1. The Balaban J connectivity index is 1.71. The van der Waals surface area contributed by atoms with Crippen LogP contribution in [0.5, 0.6) is 0 Å². The lowest BCUT2D eigenvalue weighted by molar-refractivity contribution is -0.138. The zero-order chi connectivity index (χ0) is 21.0. The summed E-state index contributed by atoms with van der Waals surface area (Å²) in [6.45, 7) is 11.8. The van der Waals surface area contributed by atoms with Crippen molar-refractivity contribution in [3.63, 3.8) is 0 Å². The van der Waals surface area contributed by atoms with Gasteiger partial charge in [-0.3, -0.25) is 19.9 Å². The van der Waals surface area contributed by atoms with Gasteiger partial charge in [0.15, 0.2) is 0 Å². The summed E-state index contributed by atoms with van der Waals surface area (Å²) in [4.78, 5) is 33.6. The molecule has 1 aromatic rings. The predicted molar refractivity (Wildman–Crippen MR) is 114 cm³/mol. The van der Waals surface area contributed by atoms with Gasteiger partial charge < -0.3 is 9.80 Å². The van der Waals surface area contributed by atoms with E-state index in [-0.39, 0.29) is 30.9 Å². The minimum absolute atomic E-state index is 0.159. The molecule has 0 saturated carbocycles. The minimum atomic E-state index is -0.424. The molecular weight excluding hydrogens is 390 g/mol. The van der Waals surface area contributed by atoms with Crippen LogP contribution in [0.3, 0.4) is 0 Å². The Morgan fingerprint density at radius 1 is 1.31 bits per heavy atom. The minimum Gasteiger partial charge on any atom is -0.343 e. The molecule has 3 saturated heterocycles. The van der Waals surface area contributed by atoms with Crippen LogP contribution in [0.2, 0.25) is 5.02 Å². The van der Waals surface area contributed by atoms with Crippen LogP contribution in [0.25, 0.3) is 0 Å². The SMILES string of the molecule is C=C(C)CN1C(=O)C2C(NC3N(c4cc(Cl)ccc4C)CC(C)CN23)N(C)C1=O. The monoisotopic (exact) mass is 417 g/mol. The average molecular weight is 418 g/mol. The number of fused-ring (bicyclic) bond motifs is 3. The van der Waals surface area contributed by atoms with E-state index < -0.39 is 6.04 Å². The first-order valence-electron chi connectivity index (χ1n) is 9.96. The van der Waals surface area contributed by atoms with Gasteiger partial charge in [-0.2, -0.15) is 0 Å². The van der Waals surface area contributed by atoms with Crippen LogP contribution >= 0.6 is 11.6 Å². The number of rotatable bonds is 3. The molecule has 1 aromatic carbocycles. The molecule has 3 amide bonds. The molecule has 4 rings (SSSR count). The third-order valence-electron chi connectivity index (χ3n) is 5.99. The molecule has 3 aliphatic rings. The van der Waals surface area contributed by atoms with Gasteiger partial charge in [0, 0.05) is 30.8 Å². The van der Waals surface area contributed by atoms with Crippen molar-refractivity contribution in [3.8, 4) is 0 Å². The summed E-state index contributed by atoms with van der Waals surface area (Å²) >= 11 is 6.29. The number of amides is 3. The molecule has 156 valence electrons. The maximum atomic E-state index is 13.3. The molecular formula is C21H28ClN5O2. The summed E-state index contributed by atoms with van der Waals surface area (Å²) in [5.41, 5.74) is 2.95. The van der Waals surface area contributed by atoms with Gasteiger partial charge in [-0.1, -0.05) is 36.7 Å². The highest BCUT2D eigenvalue weighted by Gasteiger charge is 2.56. The fourth-order valence-corrected chi connectivity index (χ4v) is 4.88. The van der Waals surface area contributed by atoms with E-state index in [1.807, 2.05) is 25.1 Å². The first kappa shape index (κ1) is 20.2. The average Bonchev–Trinajstić information content (AvgIpc) is 3.04. The Morgan fingerprint density at radius 3 is 2.72 bits per heavy atom. The van der Waals surface area contributed by atoms with Crippen molar-refractivity contribution in [1.82, 2.24) is 20.0 Å². The van der Waals surface area contributed by atoms with Crippen LogP contribution < -0.4 is 10.2 Å². The van der Waals surface area contributed by atoms with Crippen LogP contribution in [-0.4, -0.2) is 71.8 Å². The standard InChI is InChI=1S/C21H28ClN5O2/c1-12(2)9-27-19(28)17-18(24(5)21(27)29)23-20-25(10-13(3)11-26(17)20)16-8-15(22)7-6-14(16)4/h6-8,13,17-18,20,23H,1,9-11H2,2-5H3. The first-order valence-corrected chi connectivity index (χ1v) is 10.3. The lowest BCUT2D eigenvalue weighted by atomic mass is 10.0.